The van der Waals surface area contributed by atoms with Crippen LogP contribution >= 0.6 is 11.3 Å². The topological polar surface area (TPSA) is 8.17 Å². The monoisotopic (exact) mass is 416 g/mol. The van der Waals surface area contributed by atoms with Gasteiger partial charge in [-0.25, -0.2) is 0 Å². The first-order valence-corrected chi connectivity index (χ1v) is 11.2. The highest BCUT2D eigenvalue weighted by Crippen LogP contribution is 2.41. The summed E-state index contributed by atoms with van der Waals surface area (Å²) in [5.41, 5.74) is 4.79. The van der Waals surface area contributed by atoms with Crippen LogP contribution in [-0.4, -0.2) is 4.57 Å². The summed E-state index contributed by atoms with van der Waals surface area (Å²) in [6.07, 6.45) is 0. The first-order chi connectivity index (χ1) is 15.4. The second kappa shape index (κ2) is 7.46. The van der Waals surface area contributed by atoms with Gasteiger partial charge in [0.25, 0.3) is 0 Å². The van der Waals surface area contributed by atoms with Crippen molar-refractivity contribution in [2.75, 3.05) is 4.90 Å². The molecule has 0 saturated carbocycles. The summed E-state index contributed by atoms with van der Waals surface area (Å²) < 4.78 is 2.38. The number of nitrogens with zero attached hydrogens (tertiary/aromatic N) is 2. The number of para-hydroxylation sites is 4. The molecule has 4 aromatic carbocycles. The highest BCUT2D eigenvalue weighted by Gasteiger charge is 2.17. The van der Waals surface area contributed by atoms with Gasteiger partial charge < -0.3 is 9.47 Å². The molecule has 0 aliphatic heterocycles. The SMILES string of the molecule is c1ccc(N(c2ccccc2)c2ccc(-n3c4ccccc4c4ccccc43)s2)cc1. The smallest absolute Gasteiger partial charge is 0.102 e. The molecule has 2 nitrogen and oxygen atoms in total. The maximum Gasteiger partial charge on any atom is 0.102 e. The van der Waals surface area contributed by atoms with Crippen LogP contribution in [0.2, 0.25) is 0 Å². The van der Waals surface area contributed by atoms with Gasteiger partial charge in [-0.3, -0.25) is 0 Å². The maximum absolute atomic E-state index is 2.38. The van der Waals surface area contributed by atoms with Crippen LogP contribution in [0.1, 0.15) is 0 Å². The summed E-state index contributed by atoms with van der Waals surface area (Å²) in [4.78, 5) is 2.32. The summed E-state index contributed by atoms with van der Waals surface area (Å²) in [6, 6.07) is 42.9. The molecule has 0 atom stereocenters. The van der Waals surface area contributed by atoms with E-state index in [0.717, 1.165) is 11.4 Å². The molecule has 0 amide bonds. The standard InChI is InChI=1S/C28H20N2S/c1-3-11-21(12-4-1)29(22-13-5-2-6-14-22)27-19-20-28(31-27)30-25-17-9-7-15-23(25)24-16-8-10-18-26(24)30/h1-20H. The first kappa shape index (κ1) is 18.0. The number of hydrogen-bond donors (Lipinski definition) is 0. The largest absolute Gasteiger partial charge is 0.302 e. The summed E-state index contributed by atoms with van der Waals surface area (Å²) in [7, 11) is 0. The van der Waals surface area contributed by atoms with Crippen molar-refractivity contribution >= 4 is 49.5 Å². The minimum absolute atomic E-state index is 1.16. The average molecular weight is 417 g/mol. The number of fused-ring (bicyclic) bond motifs is 3. The van der Waals surface area contributed by atoms with E-state index in [4.69, 9.17) is 0 Å². The molecule has 0 radical (unpaired) electrons. The predicted molar refractivity (Wildman–Crippen MR) is 133 cm³/mol. The second-order valence-electron chi connectivity index (χ2n) is 7.49. The van der Waals surface area contributed by atoms with Crippen molar-refractivity contribution in [3.05, 3.63) is 121 Å². The fourth-order valence-electron chi connectivity index (χ4n) is 4.28. The molecule has 0 bridgehead atoms. The minimum Gasteiger partial charge on any atom is -0.302 e. The third-order valence-corrected chi connectivity index (χ3v) is 6.68. The normalized spacial score (nSPS) is 11.2. The van der Waals surface area contributed by atoms with E-state index in [9.17, 15) is 0 Å². The van der Waals surface area contributed by atoms with Crippen molar-refractivity contribution in [2.45, 2.75) is 0 Å². The van der Waals surface area contributed by atoms with Gasteiger partial charge in [-0.2, -0.15) is 0 Å². The van der Waals surface area contributed by atoms with E-state index in [2.05, 4.69) is 131 Å². The Bertz CT molecular complexity index is 1390. The number of rotatable bonds is 4. The molecule has 0 spiro atoms. The lowest BCUT2D eigenvalue weighted by Crippen LogP contribution is -2.07. The number of hydrogen-bond acceptors (Lipinski definition) is 2. The fourth-order valence-corrected chi connectivity index (χ4v) is 5.35. The van der Waals surface area contributed by atoms with Crippen molar-refractivity contribution in [1.82, 2.24) is 4.57 Å². The van der Waals surface area contributed by atoms with Gasteiger partial charge >= 0.3 is 0 Å². The first-order valence-electron chi connectivity index (χ1n) is 10.4. The molecule has 31 heavy (non-hydrogen) atoms. The Balaban J connectivity index is 1.55. The van der Waals surface area contributed by atoms with E-state index in [1.54, 1.807) is 11.3 Å². The van der Waals surface area contributed by atoms with E-state index in [1.165, 1.54) is 31.8 Å². The van der Waals surface area contributed by atoms with Crippen LogP contribution in [0.3, 0.4) is 0 Å². The van der Waals surface area contributed by atoms with Gasteiger partial charge in [0.15, 0.2) is 0 Å². The van der Waals surface area contributed by atoms with Crippen LogP contribution < -0.4 is 4.90 Å². The number of thiophene rings is 1. The zero-order valence-electron chi connectivity index (χ0n) is 16.8. The fraction of sp³-hybridized carbons (Fsp3) is 0. The zero-order chi connectivity index (χ0) is 20.6. The van der Waals surface area contributed by atoms with Gasteiger partial charge in [-0.1, -0.05) is 84.1 Å². The van der Waals surface area contributed by atoms with Crippen LogP contribution in [0.4, 0.5) is 16.4 Å². The molecule has 0 N–H and O–H groups in total. The van der Waals surface area contributed by atoms with Crippen LogP contribution in [0, 0.1) is 0 Å². The third kappa shape index (κ3) is 3.02. The summed E-state index contributed by atoms with van der Waals surface area (Å²) in [5.74, 6) is 0. The molecular formula is C28H20N2S. The van der Waals surface area contributed by atoms with Crippen molar-refractivity contribution < 1.29 is 0 Å². The second-order valence-corrected chi connectivity index (χ2v) is 8.53. The zero-order valence-corrected chi connectivity index (χ0v) is 17.7. The minimum atomic E-state index is 1.16. The molecule has 2 heterocycles. The Morgan fingerprint density at radius 2 is 0.968 bits per heavy atom. The van der Waals surface area contributed by atoms with Crippen molar-refractivity contribution in [3.63, 3.8) is 0 Å². The molecule has 3 heteroatoms. The molecule has 0 unspecified atom stereocenters. The van der Waals surface area contributed by atoms with E-state index < -0.39 is 0 Å². The van der Waals surface area contributed by atoms with E-state index >= 15 is 0 Å². The van der Waals surface area contributed by atoms with Crippen molar-refractivity contribution in [3.8, 4) is 5.00 Å². The lowest BCUT2D eigenvalue weighted by molar-refractivity contribution is 1.22. The predicted octanol–water partition coefficient (Wildman–Crippen LogP) is 8.32. The van der Waals surface area contributed by atoms with Crippen molar-refractivity contribution in [2.24, 2.45) is 0 Å². The summed E-state index contributed by atoms with van der Waals surface area (Å²) in [6.45, 7) is 0. The summed E-state index contributed by atoms with van der Waals surface area (Å²) >= 11 is 1.81. The van der Waals surface area contributed by atoms with Crippen LogP contribution in [0.5, 0.6) is 0 Å². The Labute approximate surface area is 185 Å². The molecule has 0 aliphatic carbocycles. The Morgan fingerprint density at radius 1 is 0.484 bits per heavy atom. The Morgan fingerprint density at radius 3 is 1.52 bits per heavy atom. The number of benzene rings is 4. The number of aromatic nitrogens is 1. The van der Waals surface area contributed by atoms with E-state index in [0.29, 0.717) is 0 Å². The molecule has 148 valence electrons. The Kier molecular flexibility index (Phi) is 4.33. The molecule has 2 aromatic heterocycles. The molecule has 0 aliphatic rings. The van der Waals surface area contributed by atoms with Gasteiger partial charge in [0.1, 0.15) is 10.0 Å². The quantitative estimate of drug-likeness (QED) is 0.280. The van der Waals surface area contributed by atoms with Gasteiger partial charge in [-0.05, 0) is 48.5 Å². The average Bonchev–Trinajstić information content (AvgIpc) is 3.43. The molecule has 0 fully saturated rings. The molecular weight excluding hydrogens is 396 g/mol. The van der Waals surface area contributed by atoms with Crippen LogP contribution in [-0.2, 0) is 0 Å². The Hall–Kier alpha value is -3.82. The van der Waals surface area contributed by atoms with Gasteiger partial charge in [0.2, 0.25) is 0 Å². The summed E-state index contributed by atoms with van der Waals surface area (Å²) in [5, 5.41) is 4.98. The molecule has 0 saturated heterocycles. The maximum atomic E-state index is 2.38. The van der Waals surface area contributed by atoms with Crippen LogP contribution in [0.25, 0.3) is 26.8 Å². The van der Waals surface area contributed by atoms with Crippen LogP contribution in [0.15, 0.2) is 121 Å². The highest BCUT2D eigenvalue weighted by molar-refractivity contribution is 7.18. The molecule has 6 aromatic rings. The van der Waals surface area contributed by atoms with E-state index in [1.807, 2.05) is 0 Å². The third-order valence-electron chi connectivity index (χ3n) is 5.63. The lowest BCUT2D eigenvalue weighted by atomic mass is 10.2. The van der Waals surface area contributed by atoms with Gasteiger partial charge in [-0.15, -0.1) is 0 Å². The number of anilines is 3. The van der Waals surface area contributed by atoms with E-state index in [-0.39, 0.29) is 0 Å². The van der Waals surface area contributed by atoms with Crippen molar-refractivity contribution in [1.29, 1.82) is 0 Å². The highest BCUT2D eigenvalue weighted by atomic mass is 32.1. The van der Waals surface area contributed by atoms with Gasteiger partial charge in [0.05, 0.1) is 11.0 Å². The van der Waals surface area contributed by atoms with Gasteiger partial charge in [0, 0.05) is 22.1 Å². The molecule has 6 rings (SSSR count). The lowest BCUT2D eigenvalue weighted by Gasteiger charge is -2.23.